The van der Waals surface area contributed by atoms with E-state index in [9.17, 15) is 8.76 Å². The summed E-state index contributed by atoms with van der Waals surface area (Å²) >= 11 is 0. The smallest absolute Gasteiger partial charge is 0.299 e. The molecule has 0 aliphatic carbocycles. The van der Waals surface area contributed by atoms with Crippen molar-refractivity contribution in [1.29, 1.82) is 0 Å². The molecule has 0 amide bonds. The van der Waals surface area contributed by atoms with Gasteiger partial charge in [-0.25, -0.2) is 4.57 Å². The molecule has 0 bridgehead atoms. The molecule has 12 heavy (non-hydrogen) atoms. The first-order valence-corrected chi connectivity index (χ1v) is 5.67. The van der Waals surface area contributed by atoms with E-state index in [-0.39, 0.29) is 0 Å². The Hall–Kier alpha value is 0.0800. The number of rotatable bonds is 6. The molecule has 2 unspecified atom stereocenters. The van der Waals surface area contributed by atoms with E-state index in [1.807, 2.05) is 6.92 Å². The molecule has 2 atom stereocenters. The van der Waals surface area contributed by atoms with Crippen LogP contribution in [0.3, 0.4) is 0 Å². The van der Waals surface area contributed by atoms with Crippen LogP contribution in [0.4, 0.5) is 4.20 Å². The largest absolute Gasteiger partial charge is 0.510 e. The van der Waals surface area contributed by atoms with Crippen molar-refractivity contribution >= 4 is 7.91 Å². The number of halogens is 1. The van der Waals surface area contributed by atoms with E-state index in [0.29, 0.717) is 12.8 Å². The summed E-state index contributed by atoms with van der Waals surface area (Å²) in [4.78, 5) is 8.29. The second kappa shape index (κ2) is 5.68. The third-order valence-electron chi connectivity index (χ3n) is 1.61. The Labute approximate surface area is 72.6 Å². The zero-order valence-electron chi connectivity index (χ0n) is 7.49. The van der Waals surface area contributed by atoms with Crippen molar-refractivity contribution < 1.29 is 18.2 Å². The topological polar surface area (TPSA) is 46.5 Å². The van der Waals surface area contributed by atoms with E-state index in [1.165, 1.54) is 0 Å². The van der Waals surface area contributed by atoms with Gasteiger partial charge < -0.3 is 0 Å². The molecule has 0 saturated heterocycles. The minimum absolute atomic E-state index is 0.425. The lowest BCUT2D eigenvalue weighted by Crippen LogP contribution is -2.08. The molecule has 0 heterocycles. The van der Waals surface area contributed by atoms with E-state index in [4.69, 9.17) is 4.89 Å². The summed E-state index contributed by atoms with van der Waals surface area (Å²) in [6.07, 6.45) is 2.64. The minimum Gasteiger partial charge on any atom is -0.299 e. The molecule has 0 fully saturated rings. The molecule has 1 N–H and O–H groups in total. The Bertz CT molecular complexity index is 157. The predicted octanol–water partition coefficient (Wildman–Crippen LogP) is 3.04. The minimum atomic E-state index is -4.78. The second-order valence-electron chi connectivity index (χ2n) is 2.73. The van der Waals surface area contributed by atoms with Crippen molar-refractivity contribution in [2.24, 2.45) is 0 Å². The molecule has 0 aliphatic heterocycles. The highest BCUT2D eigenvalue weighted by Gasteiger charge is 2.22. The van der Waals surface area contributed by atoms with Gasteiger partial charge in [0, 0.05) is 0 Å². The highest BCUT2D eigenvalue weighted by molar-refractivity contribution is 7.46. The Morgan fingerprint density at radius 1 is 1.58 bits per heavy atom. The van der Waals surface area contributed by atoms with Gasteiger partial charge in [0.05, 0.1) is 6.10 Å². The van der Waals surface area contributed by atoms with Gasteiger partial charge in [-0.05, 0) is 12.8 Å². The number of unbranched alkanes of at least 4 members (excludes halogenated alkanes) is 1. The molecule has 0 aromatic rings. The fourth-order valence-electron chi connectivity index (χ4n) is 0.947. The Morgan fingerprint density at radius 3 is 2.50 bits per heavy atom. The molecular weight excluding hydrogens is 182 g/mol. The second-order valence-corrected chi connectivity index (χ2v) is 3.84. The van der Waals surface area contributed by atoms with E-state index in [1.54, 1.807) is 6.92 Å². The summed E-state index contributed by atoms with van der Waals surface area (Å²) < 4.78 is 26.7. The Morgan fingerprint density at radius 2 is 2.17 bits per heavy atom. The van der Waals surface area contributed by atoms with Gasteiger partial charge in [-0.3, -0.25) is 9.42 Å². The maximum Gasteiger partial charge on any atom is 0.510 e. The van der Waals surface area contributed by atoms with Crippen LogP contribution in [0.5, 0.6) is 0 Å². The van der Waals surface area contributed by atoms with Crippen LogP contribution in [0.15, 0.2) is 0 Å². The van der Waals surface area contributed by atoms with Crippen molar-refractivity contribution in [1.82, 2.24) is 0 Å². The molecule has 0 rings (SSSR count). The summed E-state index contributed by atoms with van der Waals surface area (Å²) in [6.45, 7) is 3.80. The van der Waals surface area contributed by atoms with Gasteiger partial charge in [0.2, 0.25) is 0 Å². The van der Waals surface area contributed by atoms with Crippen molar-refractivity contribution in [2.75, 3.05) is 0 Å². The van der Waals surface area contributed by atoms with Gasteiger partial charge in [0.25, 0.3) is 0 Å². The van der Waals surface area contributed by atoms with Crippen LogP contribution in [0, 0.1) is 0 Å². The highest BCUT2D eigenvalue weighted by atomic mass is 31.2. The summed E-state index contributed by atoms with van der Waals surface area (Å²) in [7, 11) is -4.78. The third kappa shape index (κ3) is 6.77. The van der Waals surface area contributed by atoms with Crippen molar-refractivity contribution in [3.05, 3.63) is 0 Å². The molecule has 0 aliphatic rings. The quantitative estimate of drug-likeness (QED) is 0.667. The van der Waals surface area contributed by atoms with E-state index in [2.05, 4.69) is 4.52 Å². The lowest BCUT2D eigenvalue weighted by Gasteiger charge is -2.14. The SMILES string of the molecule is CCCCC(CC)OP(=O)(O)F. The first-order valence-electron chi connectivity index (χ1n) is 4.20. The van der Waals surface area contributed by atoms with Crippen LogP contribution in [0.25, 0.3) is 0 Å². The highest BCUT2D eigenvalue weighted by Crippen LogP contribution is 2.45. The number of hydrogen-bond acceptors (Lipinski definition) is 2. The molecule has 0 saturated carbocycles. The fourth-order valence-corrected chi connectivity index (χ4v) is 1.57. The molecular formula is C7H16FO3P. The third-order valence-corrected chi connectivity index (χ3v) is 2.17. The van der Waals surface area contributed by atoms with Gasteiger partial charge in [-0.2, -0.15) is 0 Å². The van der Waals surface area contributed by atoms with Crippen LogP contribution >= 0.6 is 7.91 Å². The summed E-state index contributed by atoms with van der Waals surface area (Å²) in [5.74, 6) is 0. The number of hydrogen-bond donors (Lipinski definition) is 1. The molecule has 0 aromatic carbocycles. The summed E-state index contributed by atoms with van der Waals surface area (Å²) in [5, 5.41) is 0. The molecule has 0 radical (unpaired) electrons. The van der Waals surface area contributed by atoms with E-state index < -0.39 is 14.0 Å². The van der Waals surface area contributed by atoms with Gasteiger partial charge in [0.15, 0.2) is 0 Å². The lowest BCUT2D eigenvalue weighted by molar-refractivity contribution is 0.139. The van der Waals surface area contributed by atoms with Crippen molar-refractivity contribution in [3.8, 4) is 0 Å². The zero-order valence-corrected chi connectivity index (χ0v) is 8.39. The van der Waals surface area contributed by atoms with Crippen LogP contribution in [-0.4, -0.2) is 11.0 Å². The standard InChI is InChI=1S/C7H16FO3P/c1-3-5-6-7(4-2)11-12(8,9)10/h7H,3-6H2,1-2H3,(H,9,10). The predicted molar refractivity (Wildman–Crippen MR) is 45.6 cm³/mol. The van der Waals surface area contributed by atoms with E-state index in [0.717, 1.165) is 12.8 Å². The molecule has 3 nitrogen and oxygen atoms in total. The average Bonchev–Trinajstić information content (AvgIpc) is 1.95. The molecule has 5 heteroatoms. The summed E-state index contributed by atoms with van der Waals surface area (Å²) in [6, 6.07) is 0. The normalized spacial score (nSPS) is 18.7. The monoisotopic (exact) mass is 198 g/mol. The fraction of sp³-hybridized carbons (Fsp3) is 1.00. The van der Waals surface area contributed by atoms with Gasteiger partial charge in [-0.15, -0.1) is 4.20 Å². The van der Waals surface area contributed by atoms with E-state index >= 15 is 0 Å². The van der Waals surface area contributed by atoms with Crippen LogP contribution in [0.2, 0.25) is 0 Å². The van der Waals surface area contributed by atoms with Crippen LogP contribution < -0.4 is 0 Å². The van der Waals surface area contributed by atoms with Crippen LogP contribution in [-0.2, 0) is 9.09 Å². The van der Waals surface area contributed by atoms with Crippen LogP contribution in [0.1, 0.15) is 39.5 Å². The maximum absolute atomic E-state index is 12.1. The first-order chi connectivity index (χ1) is 5.49. The molecule has 0 aromatic heterocycles. The Balaban J connectivity index is 3.75. The Kier molecular flexibility index (Phi) is 5.72. The first kappa shape index (κ1) is 12.1. The van der Waals surface area contributed by atoms with Gasteiger partial charge >= 0.3 is 7.91 Å². The lowest BCUT2D eigenvalue weighted by atomic mass is 10.1. The summed E-state index contributed by atoms with van der Waals surface area (Å²) in [5.41, 5.74) is 0. The molecule has 74 valence electrons. The van der Waals surface area contributed by atoms with Crippen molar-refractivity contribution in [2.45, 2.75) is 45.6 Å². The maximum atomic E-state index is 12.1. The average molecular weight is 198 g/mol. The van der Waals surface area contributed by atoms with Crippen molar-refractivity contribution in [3.63, 3.8) is 0 Å². The zero-order chi connectivity index (χ0) is 9.61. The van der Waals surface area contributed by atoms with Gasteiger partial charge in [0.1, 0.15) is 0 Å². The molecule has 0 spiro atoms. The van der Waals surface area contributed by atoms with Gasteiger partial charge in [-0.1, -0.05) is 26.7 Å².